The number of hydrogen-bond donors (Lipinski definition) is 0. The SMILES string of the molecule is COCCCOC(C)/C=C(\C)CN(C)C=O. The first-order chi connectivity index (χ1) is 7.60. The second-order valence-electron chi connectivity index (χ2n) is 3.96. The molecule has 0 heterocycles. The highest BCUT2D eigenvalue weighted by atomic mass is 16.5. The first-order valence-corrected chi connectivity index (χ1v) is 5.53. The van der Waals surface area contributed by atoms with Crippen molar-refractivity contribution in [2.24, 2.45) is 0 Å². The standard InChI is InChI=1S/C12H23NO3/c1-11(9-13(3)10-14)8-12(2)16-7-5-6-15-4/h8,10,12H,5-7,9H2,1-4H3/b11-8+. The van der Waals surface area contributed by atoms with E-state index in [1.54, 1.807) is 19.1 Å². The molecule has 1 amide bonds. The monoisotopic (exact) mass is 229 g/mol. The topological polar surface area (TPSA) is 38.8 Å². The fraction of sp³-hybridized carbons (Fsp3) is 0.750. The fourth-order valence-corrected chi connectivity index (χ4v) is 1.40. The summed E-state index contributed by atoms with van der Waals surface area (Å²) in [5, 5.41) is 0. The van der Waals surface area contributed by atoms with Crippen LogP contribution in [-0.2, 0) is 14.3 Å². The molecule has 0 aromatic heterocycles. The highest BCUT2D eigenvalue weighted by Crippen LogP contribution is 2.01. The molecular formula is C12H23NO3. The summed E-state index contributed by atoms with van der Waals surface area (Å²) in [6, 6.07) is 0. The Balaban J connectivity index is 3.77. The van der Waals surface area contributed by atoms with Crippen LogP contribution in [0, 0.1) is 0 Å². The summed E-state index contributed by atoms with van der Waals surface area (Å²) in [7, 11) is 3.44. The summed E-state index contributed by atoms with van der Waals surface area (Å²) >= 11 is 0. The summed E-state index contributed by atoms with van der Waals surface area (Å²) in [5.41, 5.74) is 1.13. The first-order valence-electron chi connectivity index (χ1n) is 5.53. The number of amides is 1. The second-order valence-corrected chi connectivity index (χ2v) is 3.96. The maximum absolute atomic E-state index is 10.4. The molecule has 0 saturated carbocycles. The molecule has 0 N–H and O–H groups in total. The van der Waals surface area contributed by atoms with E-state index in [4.69, 9.17) is 9.47 Å². The molecule has 0 spiro atoms. The zero-order valence-electron chi connectivity index (χ0n) is 10.7. The van der Waals surface area contributed by atoms with Gasteiger partial charge in [-0.2, -0.15) is 0 Å². The van der Waals surface area contributed by atoms with Gasteiger partial charge in [0, 0.05) is 33.9 Å². The number of nitrogens with zero attached hydrogens (tertiary/aromatic N) is 1. The van der Waals surface area contributed by atoms with Gasteiger partial charge in [0.25, 0.3) is 0 Å². The number of hydrogen-bond acceptors (Lipinski definition) is 3. The Kier molecular flexibility index (Phi) is 8.85. The van der Waals surface area contributed by atoms with Crippen LogP contribution in [0.25, 0.3) is 0 Å². The van der Waals surface area contributed by atoms with Gasteiger partial charge in [-0.15, -0.1) is 0 Å². The van der Waals surface area contributed by atoms with E-state index in [2.05, 4.69) is 0 Å². The Morgan fingerprint density at radius 3 is 2.69 bits per heavy atom. The zero-order valence-corrected chi connectivity index (χ0v) is 10.7. The highest BCUT2D eigenvalue weighted by Gasteiger charge is 2.00. The summed E-state index contributed by atoms with van der Waals surface area (Å²) < 4.78 is 10.5. The Morgan fingerprint density at radius 2 is 2.12 bits per heavy atom. The zero-order chi connectivity index (χ0) is 12.4. The average molecular weight is 229 g/mol. The van der Waals surface area contributed by atoms with Crippen LogP contribution >= 0.6 is 0 Å². The van der Waals surface area contributed by atoms with Crippen LogP contribution in [0.4, 0.5) is 0 Å². The molecule has 94 valence electrons. The third kappa shape index (κ3) is 8.44. The number of carbonyl (C=O) groups excluding carboxylic acids is 1. The average Bonchev–Trinajstić information content (AvgIpc) is 2.24. The van der Waals surface area contributed by atoms with Gasteiger partial charge in [-0.3, -0.25) is 4.79 Å². The van der Waals surface area contributed by atoms with Gasteiger partial charge >= 0.3 is 0 Å². The molecule has 0 aliphatic heterocycles. The molecule has 0 fully saturated rings. The van der Waals surface area contributed by atoms with Crippen molar-refractivity contribution in [1.82, 2.24) is 4.90 Å². The lowest BCUT2D eigenvalue weighted by Crippen LogP contribution is -2.19. The number of methoxy groups -OCH3 is 1. The van der Waals surface area contributed by atoms with Gasteiger partial charge in [-0.1, -0.05) is 11.6 Å². The van der Waals surface area contributed by atoms with Crippen molar-refractivity contribution in [2.45, 2.75) is 26.4 Å². The maximum Gasteiger partial charge on any atom is 0.209 e. The normalized spacial score (nSPS) is 13.6. The minimum absolute atomic E-state index is 0.0805. The minimum atomic E-state index is 0.0805. The van der Waals surface area contributed by atoms with E-state index in [1.165, 1.54) is 0 Å². The number of carbonyl (C=O) groups is 1. The van der Waals surface area contributed by atoms with E-state index in [0.717, 1.165) is 25.0 Å². The summed E-state index contributed by atoms with van der Waals surface area (Å²) in [5.74, 6) is 0. The van der Waals surface area contributed by atoms with Crippen molar-refractivity contribution >= 4 is 6.41 Å². The predicted octanol–water partition coefficient (Wildman–Crippen LogP) is 1.46. The van der Waals surface area contributed by atoms with Gasteiger partial charge in [-0.05, 0) is 20.3 Å². The third-order valence-corrected chi connectivity index (χ3v) is 2.07. The van der Waals surface area contributed by atoms with Crippen molar-refractivity contribution in [1.29, 1.82) is 0 Å². The van der Waals surface area contributed by atoms with Gasteiger partial charge in [0.05, 0.1) is 6.10 Å². The number of likely N-dealkylation sites (N-methyl/N-ethyl adjacent to an activating group) is 1. The van der Waals surface area contributed by atoms with Crippen molar-refractivity contribution < 1.29 is 14.3 Å². The molecular weight excluding hydrogens is 206 g/mol. The van der Waals surface area contributed by atoms with E-state index in [0.29, 0.717) is 13.2 Å². The molecule has 1 atom stereocenters. The van der Waals surface area contributed by atoms with E-state index < -0.39 is 0 Å². The molecule has 0 radical (unpaired) electrons. The fourth-order valence-electron chi connectivity index (χ4n) is 1.40. The molecule has 0 rings (SSSR count). The van der Waals surface area contributed by atoms with Crippen LogP contribution in [0.5, 0.6) is 0 Å². The predicted molar refractivity (Wildman–Crippen MR) is 64.4 cm³/mol. The third-order valence-electron chi connectivity index (χ3n) is 2.07. The van der Waals surface area contributed by atoms with Crippen LogP contribution < -0.4 is 0 Å². The van der Waals surface area contributed by atoms with E-state index in [-0.39, 0.29) is 6.10 Å². The van der Waals surface area contributed by atoms with Gasteiger partial charge in [0.1, 0.15) is 0 Å². The van der Waals surface area contributed by atoms with Crippen LogP contribution in [0.3, 0.4) is 0 Å². The van der Waals surface area contributed by atoms with Crippen LogP contribution in [-0.4, -0.2) is 51.3 Å². The first kappa shape index (κ1) is 15.1. The van der Waals surface area contributed by atoms with E-state index >= 15 is 0 Å². The lowest BCUT2D eigenvalue weighted by Gasteiger charge is -2.13. The second kappa shape index (κ2) is 9.36. The molecule has 1 unspecified atom stereocenters. The van der Waals surface area contributed by atoms with Gasteiger partial charge in [0.15, 0.2) is 0 Å². The summed E-state index contributed by atoms with van der Waals surface area (Å²) in [6.45, 7) is 6.06. The van der Waals surface area contributed by atoms with Crippen LogP contribution in [0.2, 0.25) is 0 Å². The van der Waals surface area contributed by atoms with Crippen molar-refractivity contribution in [2.75, 3.05) is 33.9 Å². The molecule has 4 heteroatoms. The van der Waals surface area contributed by atoms with Gasteiger partial charge in [0.2, 0.25) is 6.41 Å². The maximum atomic E-state index is 10.4. The quantitative estimate of drug-likeness (QED) is 0.341. The molecule has 0 aromatic rings. The number of ether oxygens (including phenoxy) is 2. The Hall–Kier alpha value is -0.870. The van der Waals surface area contributed by atoms with Crippen LogP contribution in [0.1, 0.15) is 20.3 Å². The minimum Gasteiger partial charge on any atom is -0.385 e. The molecule has 16 heavy (non-hydrogen) atoms. The lowest BCUT2D eigenvalue weighted by molar-refractivity contribution is -0.116. The number of rotatable bonds is 9. The smallest absolute Gasteiger partial charge is 0.209 e. The summed E-state index contributed by atoms with van der Waals surface area (Å²) in [4.78, 5) is 12.0. The molecule has 0 aliphatic carbocycles. The molecule has 0 bridgehead atoms. The van der Waals surface area contributed by atoms with Crippen molar-refractivity contribution in [3.8, 4) is 0 Å². The molecule has 0 aromatic carbocycles. The highest BCUT2D eigenvalue weighted by molar-refractivity contribution is 5.47. The largest absolute Gasteiger partial charge is 0.385 e. The molecule has 4 nitrogen and oxygen atoms in total. The lowest BCUT2D eigenvalue weighted by atomic mass is 10.2. The van der Waals surface area contributed by atoms with E-state index in [1.807, 2.05) is 19.9 Å². The Bertz CT molecular complexity index is 216. The Morgan fingerprint density at radius 1 is 1.44 bits per heavy atom. The van der Waals surface area contributed by atoms with Crippen molar-refractivity contribution in [3.05, 3.63) is 11.6 Å². The molecule has 0 aliphatic rings. The van der Waals surface area contributed by atoms with Gasteiger partial charge < -0.3 is 14.4 Å². The Labute approximate surface area is 98.2 Å². The summed E-state index contributed by atoms with van der Waals surface area (Å²) in [6.07, 6.45) is 3.84. The van der Waals surface area contributed by atoms with Crippen molar-refractivity contribution in [3.63, 3.8) is 0 Å². The van der Waals surface area contributed by atoms with E-state index in [9.17, 15) is 4.79 Å². The van der Waals surface area contributed by atoms with Gasteiger partial charge in [-0.25, -0.2) is 0 Å². The van der Waals surface area contributed by atoms with Crippen LogP contribution in [0.15, 0.2) is 11.6 Å². The molecule has 0 saturated heterocycles.